The van der Waals surface area contributed by atoms with Crippen LogP contribution in [0, 0.1) is 5.92 Å². The molecule has 0 aromatic heterocycles. The van der Waals surface area contributed by atoms with Crippen LogP contribution in [0.5, 0.6) is 0 Å². The summed E-state index contributed by atoms with van der Waals surface area (Å²) in [6, 6.07) is 7.40. The van der Waals surface area contributed by atoms with Crippen LogP contribution in [-0.4, -0.2) is 22.1 Å². The number of benzene rings is 2. The van der Waals surface area contributed by atoms with Crippen molar-refractivity contribution in [2.45, 2.75) is 17.7 Å². The van der Waals surface area contributed by atoms with Gasteiger partial charge in [-0.25, -0.2) is 0 Å². The molecule has 3 N–H and O–H groups in total. The molecule has 0 bridgehead atoms. The van der Waals surface area contributed by atoms with Crippen molar-refractivity contribution in [3.8, 4) is 0 Å². The molecule has 1 fully saturated rings. The van der Waals surface area contributed by atoms with Gasteiger partial charge in [-0.15, -0.1) is 23.2 Å². The third kappa shape index (κ3) is 5.13. The van der Waals surface area contributed by atoms with E-state index in [0.29, 0.717) is 12.1 Å². The zero-order chi connectivity index (χ0) is 22.2. The largest absolute Gasteiger partial charge is 0.326 e. The smallest absolute Gasteiger partial charge is 0.257 e. The number of anilines is 3. The molecule has 0 spiro atoms. The van der Waals surface area contributed by atoms with Crippen molar-refractivity contribution < 1.29 is 14.4 Å². The molecule has 0 unspecified atom stereocenters. The number of halogens is 5. The predicted molar refractivity (Wildman–Crippen MR) is 121 cm³/mol. The molecule has 6 nitrogen and oxygen atoms in total. The lowest BCUT2D eigenvalue weighted by atomic mass is 10.1. The van der Waals surface area contributed by atoms with E-state index in [1.165, 1.54) is 31.2 Å². The maximum absolute atomic E-state index is 12.8. The van der Waals surface area contributed by atoms with Crippen molar-refractivity contribution >= 4 is 92.8 Å². The van der Waals surface area contributed by atoms with Crippen LogP contribution in [0.4, 0.5) is 17.1 Å². The quantitative estimate of drug-likeness (QED) is 0.433. The van der Waals surface area contributed by atoms with Crippen molar-refractivity contribution in [3.05, 3.63) is 51.0 Å². The topological polar surface area (TPSA) is 87.3 Å². The first-order valence-corrected chi connectivity index (χ1v) is 10.4. The summed E-state index contributed by atoms with van der Waals surface area (Å²) in [7, 11) is 0. The van der Waals surface area contributed by atoms with Crippen LogP contribution in [0.1, 0.15) is 23.7 Å². The molecular formula is C19H14Cl5N3O3. The molecule has 3 amide bonds. The second-order valence-corrected chi connectivity index (χ2v) is 9.36. The minimum Gasteiger partial charge on any atom is -0.326 e. The Kier molecular flexibility index (Phi) is 6.75. The SMILES string of the molecule is CC(=O)Nc1c(Cl)ccc(NC(=O)c2cc(NC(=O)[C@H]3CC3(Cl)Cl)ccc2Cl)c1Cl. The van der Waals surface area contributed by atoms with Gasteiger partial charge in [-0.3, -0.25) is 14.4 Å². The highest BCUT2D eigenvalue weighted by Gasteiger charge is 2.56. The number of carbonyl (C=O) groups is 3. The highest BCUT2D eigenvalue weighted by Crippen LogP contribution is 2.53. The lowest BCUT2D eigenvalue weighted by Gasteiger charge is -2.14. The Morgan fingerprint density at radius 1 is 0.967 bits per heavy atom. The fraction of sp³-hybridized carbons (Fsp3) is 0.211. The molecule has 1 atom stereocenters. The van der Waals surface area contributed by atoms with Gasteiger partial charge in [0.15, 0.2) is 0 Å². The Hall–Kier alpha value is -1.70. The van der Waals surface area contributed by atoms with E-state index < -0.39 is 16.2 Å². The van der Waals surface area contributed by atoms with Gasteiger partial charge in [0.2, 0.25) is 11.8 Å². The van der Waals surface area contributed by atoms with Crippen LogP contribution >= 0.6 is 58.0 Å². The molecule has 30 heavy (non-hydrogen) atoms. The summed E-state index contributed by atoms with van der Waals surface area (Å²) in [4.78, 5) is 36.3. The Labute approximate surface area is 197 Å². The molecule has 1 aliphatic rings. The summed E-state index contributed by atoms with van der Waals surface area (Å²) in [5.41, 5.74) is 0.838. The van der Waals surface area contributed by atoms with Crippen molar-refractivity contribution in [3.63, 3.8) is 0 Å². The summed E-state index contributed by atoms with van der Waals surface area (Å²) < 4.78 is -1.06. The standard InChI is InChI=1S/C19H14Cl5N3O3/c1-8(28)25-16-13(21)4-5-14(15(16)22)27-17(29)10-6-9(2-3-12(10)20)26-18(30)11-7-19(11,23)24/h2-6,11H,7H2,1H3,(H,25,28)(H,26,30)(H,27,29)/t11-/m1/s1. The third-order valence-corrected chi connectivity index (χ3v) is 6.13. The number of hydrogen-bond acceptors (Lipinski definition) is 3. The Balaban J connectivity index is 1.80. The first-order valence-electron chi connectivity index (χ1n) is 8.55. The van der Waals surface area contributed by atoms with Crippen LogP contribution in [0.25, 0.3) is 0 Å². The maximum atomic E-state index is 12.8. The Morgan fingerprint density at radius 3 is 2.20 bits per heavy atom. The monoisotopic (exact) mass is 507 g/mol. The Bertz CT molecular complexity index is 1060. The molecule has 158 valence electrons. The fourth-order valence-electron chi connectivity index (χ4n) is 2.63. The van der Waals surface area contributed by atoms with Crippen LogP contribution < -0.4 is 16.0 Å². The maximum Gasteiger partial charge on any atom is 0.257 e. The highest BCUT2D eigenvalue weighted by atomic mass is 35.5. The van der Waals surface area contributed by atoms with Gasteiger partial charge in [-0.2, -0.15) is 0 Å². The van der Waals surface area contributed by atoms with Gasteiger partial charge in [0.25, 0.3) is 5.91 Å². The summed E-state index contributed by atoms with van der Waals surface area (Å²) >= 11 is 30.3. The van der Waals surface area contributed by atoms with Gasteiger partial charge in [-0.1, -0.05) is 34.8 Å². The van der Waals surface area contributed by atoms with Crippen molar-refractivity contribution in [2.75, 3.05) is 16.0 Å². The van der Waals surface area contributed by atoms with E-state index in [1.807, 2.05) is 0 Å². The molecule has 0 aliphatic heterocycles. The number of carbonyl (C=O) groups excluding carboxylic acids is 3. The predicted octanol–water partition coefficient (Wildman–Crippen LogP) is 5.99. The first kappa shape index (κ1) is 23.0. The first-order chi connectivity index (χ1) is 14.0. The second-order valence-electron chi connectivity index (χ2n) is 6.62. The van der Waals surface area contributed by atoms with Gasteiger partial charge in [-0.05, 0) is 36.8 Å². The number of amides is 3. The van der Waals surface area contributed by atoms with E-state index in [9.17, 15) is 14.4 Å². The summed E-state index contributed by atoms with van der Waals surface area (Å²) in [5, 5.41) is 8.22. The van der Waals surface area contributed by atoms with E-state index in [4.69, 9.17) is 58.0 Å². The normalized spacial score (nSPS) is 16.5. The Morgan fingerprint density at radius 2 is 1.60 bits per heavy atom. The van der Waals surface area contributed by atoms with E-state index >= 15 is 0 Å². The van der Waals surface area contributed by atoms with E-state index in [0.717, 1.165) is 0 Å². The molecule has 2 aromatic carbocycles. The van der Waals surface area contributed by atoms with Crippen LogP contribution in [0.3, 0.4) is 0 Å². The number of hydrogen-bond donors (Lipinski definition) is 3. The van der Waals surface area contributed by atoms with Gasteiger partial charge in [0.05, 0.1) is 37.9 Å². The lowest BCUT2D eigenvalue weighted by molar-refractivity contribution is -0.117. The minimum atomic E-state index is -1.06. The molecule has 11 heteroatoms. The number of alkyl halides is 2. The second kappa shape index (κ2) is 8.81. The average molecular weight is 510 g/mol. The van der Waals surface area contributed by atoms with E-state index in [2.05, 4.69) is 16.0 Å². The minimum absolute atomic E-state index is 0.0564. The van der Waals surface area contributed by atoms with E-state index in [-0.39, 0.29) is 43.8 Å². The van der Waals surface area contributed by atoms with Crippen LogP contribution in [0.2, 0.25) is 15.1 Å². The van der Waals surface area contributed by atoms with Gasteiger partial charge < -0.3 is 16.0 Å². The van der Waals surface area contributed by atoms with E-state index in [1.54, 1.807) is 6.07 Å². The zero-order valence-corrected chi connectivity index (χ0v) is 19.1. The van der Waals surface area contributed by atoms with Crippen molar-refractivity contribution in [1.29, 1.82) is 0 Å². The molecule has 1 saturated carbocycles. The molecule has 0 saturated heterocycles. The lowest BCUT2D eigenvalue weighted by Crippen LogP contribution is -2.18. The van der Waals surface area contributed by atoms with Gasteiger partial charge >= 0.3 is 0 Å². The molecule has 1 aliphatic carbocycles. The highest BCUT2D eigenvalue weighted by molar-refractivity contribution is 6.52. The number of rotatable bonds is 5. The summed E-state index contributed by atoms with van der Waals surface area (Å²) in [5.74, 6) is -1.82. The average Bonchev–Trinajstić information content (AvgIpc) is 3.31. The van der Waals surface area contributed by atoms with Crippen LogP contribution in [0.15, 0.2) is 30.3 Å². The van der Waals surface area contributed by atoms with Gasteiger partial charge in [0, 0.05) is 12.6 Å². The molecular weight excluding hydrogens is 495 g/mol. The molecule has 0 radical (unpaired) electrons. The summed E-state index contributed by atoms with van der Waals surface area (Å²) in [6.07, 6.45) is 0.356. The van der Waals surface area contributed by atoms with Crippen LogP contribution in [-0.2, 0) is 9.59 Å². The molecule has 3 rings (SSSR count). The zero-order valence-electron chi connectivity index (χ0n) is 15.3. The summed E-state index contributed by atoms with van der Waals surface area (Å²) in [6.45, 7) is 1.30. The fourth-order valence-corrected chi connectivity index (χ4v) is 3.86. The third-order valence-electron chi connectivity index (χ3n) is 4.26. The number of nitrogens with one attached hydrogen (secondary N) is 3. The molecule has 2 aromatic rings. The van der Waals surface area contributed by atoms with Crippen molar-refractivity contribution in [2.24, 2.45) is 5.92 Å². The molecule has 0 heterocycles. The van der Waals surface area contributed by atoms with Gasteiger partial charge in [0.1, 0.15) is 4.33 Å². The van der Waals surface area contributed by atoms with Crippen molar-refractivity contribution in [1.82, 2.24) is 0 Å².